The molecule has 0 atom stereocenters. The van der Waals surface area contributed by atoms with E-state index in [1.807, 2.05) is 0 Å². The molecule has 0 aliphatic carbocycles. The predicted molar refractivity (Wildman–Crippen MR) is 77.4 cm³/mol. The standard InChI is InChI=1S/C14H10F3N3O3/c15-14(16,17)11-7-10(20(22)23)5-6-12(11)19-18-8-9-3-1-2-4-13(9)21/h1-8,19,21H. The van der Waals surface area contributed by atoms with Crippen molar-refractivity contribution in [3.05, 3.63) is 63.7 Å². The number of nitrogens with zero attached hydrogens (tertiary/aromatic N) is 2. The molecule has 2 rings (SSSR count). The number of nitro groups is 1. The molecule has 0 unspecified atom stereocenters. The minimum Gasteiger partial charge on any atom is -0.507 e. The molecule has 120 valence electrons. The molecular weight excluding hydrogens is 315 g/mol. The molecule has 9 heteroatoms. The van der Waals surface area contributed by atoms with Gasteiger partial charge in [0.2, 0.25) is 0 Å². The monoisotopic (exact) mass is 325 g/mol. The van der Waals surface area contributed by atoms with E-state index in [0.29, 0.717) is 11.6 Å². The van der Waals surface area contributed by atoms with Crippen molar-refractivity contribution >= 4 is 17.6 Å². The number of para-hydroxylation sites is 1. The largest absolute Gasteiger partial charge is 0.507 e. The van der Waals surface area contributed by atoms with E-state index in [9.17, 15) is 28.4 Å². The summed E-state index contributed by atoms with van der Waals surface area (Å²) in [5.41, 5.74) is 0.163. The van der Waals surface area contributed by atoms with Crippen LogP contribution in [0.1, 0.15) is 11.1 Å². The number of nitrogens with one attached hydrogen (secondary N) is 1. The van der Waals surface area contributed by atoms with Crippen molar-refractivity contribution < 1.29 is 23.2 Å². The number of nitro benzene ring substituents is 1. The van der Waals surface area contributed by atoms with Gasteiger partial charge in [0.15, 0.2) is 0 Å². The normalized spacial score (nSPS) is 11.6. The molecule has 2 aromatic carbocycles. The summed E-state index contributed by atoms with van der Waals surface area (Å²) in [6.07, 6.45) is -3.64. The smallest absolute Gasteiger partial charge is 0.418 e. The molecule has 0 saturated heterocycles. The van der Waals surface area contributed by atoms with E-state index in [-0.39, 0.29) is 5.75 Å². The molecule has 0 bridgehead atoms. The highest BCUT2D eigenvalue weighted by Gasteiger charge is 2.35. The maximum Gasteiger partial charge on any atom is 0.418 e. The number of hydrazone groups is 1. The van der Waals surface area contributed by atoms with Gasteiger partial charge in [-0.2, -0.15) is 18.3 Å². The maximum absolute atomic E-state index is 13.0. The molecule has 0 aliphatic heterocycles. The summed E-state index contributed by atoms with van der Waals surface area (Å²) in [6.45, 7) is 0. The lowest BCUT2D eigenvalue weighted by Crippen LogP contribution is -2.09. The highest BCUT2D eigenvalue weighted by molar-refractivity contribution is 5.83. The van der Waals surface area contributed by atoms with Crippen LogP contribution in [0.5, 0.6) is 5.75 Å². The molecule has 2 aromatic rings. The topological polar surface area (TPSA) is 87.8 Å². The van der Waals surface area contributed by atoms with Gasteiger partial charge in [-0.3, -0.25) is 15.5 Å². The number of hydrogen-bond donors (Lipinski definition) is 2. The Morgan fingerprint density at radius 3 is 2.52 bits per heavy atom. The van der Waals surface area contributed by atoms with Gasteiger partial charge in [0.25, 0.3) is 5.69 Å². The first-order chi connectivity index (χ1) is 10.8. The van der Waals surface area contributed by atoms with Gasteiger partial charge < -0.3 is 5.11 Å². The predicted octanol–water partition coefficient (Wildman–Crippen LogP) is 3.77. The van der Waals surface area contributed by atoms with Crippen molar-refractivity contribution in [3.8, 4) is 5.75 Å². The number of halogens is 3. The van der Waals surface area contributed by atoms with Crippen LogP contribution in [0.15, 0.2) is 47.6 Å². The molecule has 0 heterocycles. The zero-order chi connectivity index (χ0) is 17.0. The summed E-state index contributed by atoms with van der Waals surface area (Å²) in [4.78, 5) is 9.68. The minimum atomic E-state index is -4.78. The Labute approximate surface area is 128 Å². The van der Waals surface area contributed by atoms with E-state index < -0.39 is 28.0 Å². The first-order valence-corrected chi connectivity index (χ1v) is 6.22. The number of alkyl halides is 3. The van der Waals surface area contributed by atoms with Crippen LogP contribution < -0.4 is 5.43 Å². The number of phenols is 1. The van der Waals surface area contributed by atoms with Gasteiger partial charge in [-0.25, -0.2) is 0 Å². The lowest BCUT2D eigenvalue weighted by atomic mass is 10.1. The molecular formula is C14H10F3N3O3. The molecule has 0 saturated carbocycles. The Balaban J connectivity index is 2.29. The van der Waals surface area contributed by atoms with Gasteiger partial charge >= 0.3 is 6.18 Å². The van der Waals surface area contributed by atoms with Crippen molar-refractivity contribution in [1.29, 1.82) is 0 Å². The fraction of sp³-hybridized carbons (Fsp3) is 0.0714. The molecule has 0 aromatic heterocycles. The zero-order valence-corrected chi connectivity index (χ0v) is 11.4. The molecule has 0 radical (unpaired) electrons. The van der Waals surface area contributed by atoms with Crippen molar-refractivity contribution in [2.75, 3.05) is 5.43 Å². The number of benzene rings is 2. The van der Waals surface area contributed by atoms with Crippen molar-refractivity contribution in [2.24, 2.45) is 5.10 Å². The van der Waals surface area contributed by atoms with Crippen molar-refractivity contribution in [1.82, 2.24) is 0 Å². The van der Waals surface area contributed by atoms with Crippen LogP contribution in [0.3, 0.4) is 0 Å². The van der Waals surface area contributed by atoms with Crippen molar-refractivity contribution in [2.45, 2.75) is 6.18 Å². The van der Waals surface area contributed by atoms with Crippen LogP contribution in [-0.2, 0) is 6.18 Å². The average molecular weight is 325 g/mol. The Morgan fingerprint density at radius 1 is 1.22 bits per heavy atom. The summed E-state index contributed by atoms with van der Waals surface area (Å²) < 4.78 is 38.9. The van der Waals surface area contributed by atoms with Crippen molar-refractivity contribution in [3.63, 3.8) is 0 Å². The first-order valence-electron chi connectivity index (χ1n) is 6.22. The van der Waals surface area contributed by atoms with Crippen LogP contribution in [-0.4, -0.2) is 16.2 Å². The summed E-state index contributed by atoms with van der Waals surface area (Å²) in [5, 5.41) is 23.7. The first kappa shape index (κ1) is 16.3. The molecule has 0 amide bonds. The Kier molecular flexibility index (Phi) is 4.49. The SMILES string of the molecule is O=[N+]([O-])c1ccc(NN=Cc2ccccc2O)c(C(F)(F)F)c1. The number of anilines is 1. The Hall–Kier alpha value is -3.10. The Bertz CT molecular complexity index is 760. The fourth-order valence-electron chi connectivity index (χ4n) is 1.75. The highest BCUT2D eigenvalue weighted by Crippen LogP contribution is 2.37. The fourth-order valence-corrected chi connectivity index (χ4v) is 1.75. The zero-order valence-electron chi connectivity index (χ0n) is 11.4. The van der Waals surface area contributed by atoms with Gasteiger partial charge in [0.1, 0.15) is 5.75 Å². The van der Waals surface area contributed by atoms with E-state index >= 15 is 0 Å². The summed E-state index contributed by atoms with van der Waals surface area (Å²) in [6, 6.07) is 8.40. The van der Waals surface area contributed by atoms with Gasteiger partial charge in [0.05, 0.1) is 22.4 Å². The molecule has 0 spiro atoms. The van der Waals surface area contributed by atoms with E-state index in [1.165, 1.54) is 12.1 Å². The van der Waals surface area contributed by atoms with Gasteiger partial charge in [-0.05, 0) is 18.2 Å². The second kappa shape index (κ2) is 6.34. The number of hydrogen-bond acceptors (Lipinski definition) is 5. The second-order valence-electron chi connectivity index (χ2n) is 4.41. The maximum atomic E-state index is 13.0. The van der Waals surface area contributed by atoms with E-state index in [2.05, 4.69) is 10.5 Å². The highest BCUT2D eigenvalue weighted by atomic mass is 19.4. The number of rotatable bonds is 4. The third-order valence-corrected chi connectivity index (χ3v) is 2.84. The molecule has 2 N–H and O–H groups in total. The summed E-state index contributed by atoms with van der Waals surface area (Å²) in [7, 11) is 0. The van der Waals surface area contributed by atoms with Gasteiger partial charge in [-0.15, -0.1) is 0 Å². The number of phenolic OH excluding ortho intramolecular Hbond substituents is 1. The van der Waals surface area contributed by atoms with Gasteiger partial charge in [-0.1, -0.05) is 12.1 Å². The Morgan fingerprint density at radius 2 is 1.91 bits per heavy atom. The average Bonchev–Trinajstić information content (AvgIpc) is 2.48. The van der Waals surface area contributed by atoms with Crippen LogP contribution in [0.4, 0.5) is 24.5 Å². The van der Waals surface area contributed by atoms with Crippen LogP contribution in [0, 0.1) is 10.1 Å². The quantitative estimate of drug-likeness (QED) is 0.509. The molecule has 23 heavy (non-hydrogen) atoms. The van der Waals surface area contributed by atoms with Crippen LogP contribution >= 0.6 is 0 Å². The van der Waals surface area contributed by atoms with E-state index in [0.717, 1.165) is 18.3 Å². The van der Waals surface area contributed by atoms with Crippen LogP contribution in [0.25, 0.3) is 0 Å². The minimum absolute atomic E-state index is 0.0854. The third-order valence-electron chi connectivity index (χ3n) is 2.84. The lowest BCUT2D eigenvalue weighted by Gasteiger charge is -2.11. The van der Waals surface area contributed by atoms with Gasteiger partial charge in [0, 0.05) is 17.7 Å². The van der Waals surface area contributed by atoms with E-state index in [1.54, 1.807) is 12.1 Å². The molecule has 0 aliphatic rings. The van der Waals surface area contributed by atoms with E-state index in [4.69, 9.17) is 0 Å². The third kappa shape index (κ3) is 3.96. The number of non-ortho nitro benzene ring substituents is 1. The van der Waals surface area contributed by atoms with Crippen LogP contribution in [0.2, 0.25) is 0 Å². The number of aromatic hydroxyl groups is 1. The molecule has 0 fully saturated rings. The second-order valence-corrected chi connectivity index (χ2v) is 4.41. The molecule has 6 nitrogen and oxygen atoms in total. The summed E-state index contributed by atoms with van der Waals surface area (Å²) in [5.74, 6) is -0.0854. The lowest BCUT2D eigenvalue weighted by molar-refractivity contribution is -0.385. The summed E-state index contributed by atoms with van der Waals surface area (Å²) >= 11 is 0.